The normalized spacial score (nSPS) is 23.2. The minimum atomic E-state index is -0.166. The lowest BCUT2D eigenvalue weighted by Crippen LogP contribution is -2.50. The first-order chi connectivity index (χ1) is 8.49. The van der Waals surface area contributed by atoms with Crippen molar-refractivity contribution >= 4 is 5.69 Å². The van der Waals surface area contributed by atoms with E-state index < -0.39 is 0 Å². The molecule has 1 aliphatic heterocycles. The summed E-state index contributed by atoms with van der Waals surface area (Å²) in [5.74, 6) is -0.166. The topological polar surface area (TPSA) is 32.5 Å². The molecule has 1 fully saturated rings. The fourth-order valence-electron chi connectivity index (χ4n) is 2.54. The van der Waals surface area contributed by atoms with Crippen molar-refractivity contribution in [2.45, 2.75) is 25.9 Å². The fraction of sp³-hybridized carbons (Fsp3) is 0.571. The number of hydrogen-bond donors (Lipinski definition) is 1. The Hall–Kier alpha value is -1.13. The van der Waals surface area contributed by atoms with E-state index in [1.807, 2.05) is 19.1 Å². The molecule has 0 amide bonds. The molecule has 0 aromatic heterocycles. The van der Waals surface area contributed by atoms with Crippen LogP contribution in [0.25, 0.3) is 0 Å². The van der Waals surface area contributed by atoms with Crippen LogP contribution in [0, 0.1) is 5.82 Å². The molecule has 0 radical (unpaired) electrons. The van der Waals surface area contributed by atoms with Gasteiger partial charge in [-0.25, -0.2) is 4.39 Å². The Balaban J connectivity index is 2.23. The average molecular weight is 251 g/mol. The summed E-state index contributed by atoms with van der Waals surface area (Å²) in [5.41, 5.74) is 7.31. The van der Waals surface area contributed by atoms with E-state index in [0.29, 0.717) is 11.7 Å². The van der Waals surface area contributed by atoms with Crippen molar-refractivity contribution in [2.24, 2.45) is 5.73 Å². The summed E-state index contributed by atoms with van der Waals surface area (Å²) >= 11 is 0. The van der Waals surface area contributed by atoms with E-state index in [0.717, 1.165) is 25.2 Å². The Morgan fingerprint density at radius 1 is 1.39 bits per heavy atom. The predicted molar refractivity (Wildman–Crippen MR) is 73.3 cm³/mol. The molecule has 2 rings (SSSR count). The fourth-order valence-corrected chi connectivity index (χ4v) is 2.54. The van der Waals surface area contributed by atoms with Crippen molar-refractivity contribution in [1.29, 1.82) is 0 Å². The van der Waals surface area contributed by atoms with Gasteiger partial charge in [0.05, 0.1) is 5.69 Å². The first-order valence-electron chi connectivity index (χ1n) is 6.49. The number of nitrogens with zero attached hydrogens (tertiary/aromatic N) is 2. The Labute approximate surface area is 108 Å². The van der Waals surface area contributed by atoms with Crippen LogP contribution < -0.4 is 10.6 Å². The summed E-state index contributed by atoms with van der Waals surface area (Å²) in [7, 11) is 2.10. The molecule has 0 aliphatic carbocycles. The zero-order chi connectivity index (χ0) is 13.3. The van der Waals surface area contributed by atoms with Crippen molar-refractivity contribution < 1.29 is 4.39 Å². The summed E-state index contributed by atoms with van der Waals surface area (Å²) in [5, 5.41) is 0. The van der Waals surface area contributed by atoms with E-state index in [1.54, 1.807) is 6.07 Å². The van der Waals surface area contributed by atoms with Gasteiger partial charge in [0.2, 0.25) is 0 Å². The molecule has 1 unspecified atom stereocenters. The van der Waals surface area contributed by atoms with Crippen molar-refractivity contribution in [3.8, 4) is 0 Å². The number of rotatable bonds is 2. The van der Waals surface area contributed by atoms with Crippen LogP contribution in [0.4, 0.5) is 10.1 Å². The molecule has 3 nitrogen and oxygen atoms in total. The molecule has 2 N–H and O–H groups in total. The van der Waals surface area contributed by atoms with Gasteiger partial charge in [-0.3, -0.25) is 0 Å². The second kappa shape index (κ2) is 5.24. The molecule has 1 saturated heterocycles. The van der Waals surface area contributed by atoms with E-state index in [4.69, 9.17) is 5.73 Å². The van der Waals surface area contributed by atoms with Gasteiger partial charge in [-0.15, -0.1) is 0 Å². The number of nitrogens with two attached hydrogens (primary N) is 1. The van der Waals surface area contributed by atoms with Gasteiger partial charge in [-0.1, -0.05) is 6.07 Å². The van der Waals surface area contributed by atoms with Crippen molar-refractivity contribution in [3.05, 3.63) is 29.6 Å². The molecule has 0 saturated carbocycles. The highest BCUT2D eigenvalue weighted by Crippen LogP contribution is 2.26. The van der Waals surface area contributed by atoms with Crippen molar-refractivity contribution in [2.75, 3.05) is 31.6 Å². The molecule has 1 aliphatic rings. The quantitative estimate of drug-likeness (QED) is 0.872. The lowest BCUT2D eigenvalue weighted by molar-refractivity contribution is 0.274. The molecule has 0 spiro atoms. The maximum absolute atomic E-state index is 14.2. The molecule has 1 heterocycles. The Kier molecular flexibility index (Phi) is 3.88. The second-order valence-corrected chi connectivity index (χ2v) is 5.30. The van der Waals surface area contributed by atoms with Gasteiger partial charge in [0.25, 0.3) is 0 Å². The van der Waals surface area contributed by atoms with Gasteiger partial charge in [0.15, 0.2) is 0 Å². The molecule has 4 heteroatoms. The van der Waals surface area contributed by atoms with Crippen LogP contribution in [0.2, 0.25) is 0 Å². The van der Waals surface area contributed by atoms with E-state index in [9.17, 15) is 4.39 Å². The zero-order valence-corrected chi connectivity index (χ0v) is 11.4. The molecule has 1 aromatic rings. The molecular formula is C14H22FN3. The van der Waals surface area contributed by atoms with Gasteiger partial charge in [-0.05, 0) is 38.6 Å². The molecule has 2 atom stereocenters. The number of anilines is 1. The largest absolute Gasteiger partial charge is 0.364 e. The van der Waals surface area contributed by atoms with Gasteiger partial charge in [-0.2, -0.15) is 0 Å². The Morgan fingerprint density at radius 2 is 2.11 bits per heavy atom. The van der Waals surface area contributed by atoms with Crippen LogP contribution in [-0.4, -0.2) is 37.6 Å². The predicted octanol–water partition coefficient (Wildman–Crippen LogP) is 1.99. The number of benzene rings is 1. The number of piperazine rings is 1. The first-order valence-corrected chi connectivity index (χ1v) is 6.49. The van der Waals surface area contributed by atoms with Crippen molar-refractivity contribution in [3.63, 3.8) is 0 Å². The standard InChI is InChI=1S/C14H22FN3/c1-10-9-17(3)6-7-18(10)14-5-4-12(11(2)16)8-13(14)15/h4-5,8,10-11H,6-7,9,16H2,1-3H3/t10?,11-/m1/s1. The van der Waals surface area contributed by atoms with Gasteiger partial charge >= 0.3 is 0 Å². The lowest BCUT2D eigenvalue weighted by atomic mass is 10.1. The summed E-state index contributed by atoms with van der Waals surface area (Å²) in [6.07, 6.45) is 0. The SMILES string of the molecule is CC1CN(C)CCN1c1ccc([C@@H](C)N)cc1F. The van der Waals surface area contributed by atoms with Gasteiger partial charge < -0.3 is 15.5 Å². The highest BCUT2D eigenvalue weighted by Gasteiger charge is 2.23. The Morgan fingerprint density at radius 3 is 2.67 bits per heavy atom. The van der Waals surface area contributed by atoms with E-state index in [2.05, 4.69) is 23.8 Å². The minimum Gasteiger partial charge on any atom is -0.364 e. The van der Waals surface area contributed by atoms with Crippen LogP contribution in [-0.2, 0) is 0 Å². The molecule has 100 valence electrons. The molecule has 0 bridgehead atoms. The van der Waals surface area contributed by atoms with Crippen LogP contribution in [0.5, 0.6) is 0 Å². The third-order valence-electron chi connectivity index (χ3n) is 3.64. The first kappa shape index (κ1) is 13.3. The maximum atomic E-state index is 14.2. The third kappa shape index (κ3) is 2.65. The van der Waals surface area contributed by atoms with Crippen LogP contribution in [0.15, 0.2) is 18.2 Å². The molecule has 18 heavy (non-hydrogen) atoms. The molecular weight excluding hydrogens is 229 g/mol. The third-order valence-corrected chi connectivity index (χ3v) is 3.64. The van der Waals surface area contributed by atoms with Crippen molar-refractivity contribution in [1.82, 2.24) is 4.90 Å². The highest BCUT2D eigenvalue weighted by molar-refractivity contribution is 5.51. The van der Waals surface area contributed by atoms with Crippen LogP contribution in [0.1, 0.15) is 25.5 Å². The Bertz CT molecular complexity index is 420. The van der Waals surface area contributed by atoms with E-state index >= 15 is 0 Å². The highest BCUT2D eigenvalue weighted by atomic mass is 19.1. The van der Waals surface area contributed by atoms with Gasteiger partial charge in [0.1, 0.15) is 5.82 Å². The van der Waals surface area contributed by atoms with E-state index in [1.165, 1.54) is 0 Å². The zero-order valence-electron chi connectivity index (χ0n) is 11.4. The number of halogens is 1. The van der Waals surface area contributed by atoms with E-state index in [-0.39, 0.29) is 11.9 Å². The minimum absolute atomic E-state index is 0.126. The summed E-state index contributed by atoms with van der Waals surface area (Å²) < 4.78 is 14.2. The molecule has 1 aromatic carbocycles. The lowest BCUT2D eigenvalue weighted by Gasteiger charge is -2.40. The maximum Gasteiger partial charge on any atom is 0.146 e. The number of likely N-dealkylation sites (N-methyl/N-ethyl adjacent to an activating group) is 1. The smallest absolute Gasteiger partial charge is 0.146 e. The van der Waals surface area contributed by atoms with Crippen LogP contribution in [0.3, 0.4) is 0 Å². The summed E-state index contributed by atoms with van der Waals surface area (Å²) in [6, 6.07) is 5.55. The second-order valence-electron chi connectivity index (χ2n) is 5.30. The average Bonchev–Trinajstić information content (AvgIpc) is 2.30. The summed E-state index contributed by atoms with van der Waals surface area (Å²) in [4.78, 5) is 4.41. The monoisotopic (exact) mass is 251 g/mol. The van der Waals surface area contributed by atoms with Gasteiger partial charge in [0, 0.05) is 31.7 Å². The van der Waals surface area contributed by atoms with Crippen LogP contribution >= 0.6 is 0 Å². The summed E-state index contributed by atoms with van der Waals surface area (Å²) in [6.45, 7) is 6.81. The number of hydrogen-bond acceptors (Lipinski definition) is 3.